The van der Waals surface area contributed by atoms with Crippen molar-refractivity contribution in [3.63, 3.8) is 0 Å². The molecule has 1 unspecified atom stereocenters. The zero-order valence-corrected chi connectivity index (χ0v) is 11.0. The molecule has 0 spiro atoms. The molecule has 98 valence electrons. The number of para-hydroxylation sites is 1. The van der Waals surface area contributed by atoms with Crippen molar-refractivity contribution in [3.8, 4) is 11.5 Å². The molecule has 1 aliphatic rings. The summed E-state index contributed by atoms with van der Waals surface area (Å²) in [5.41, 5.74) is 1.13. The average molecular weight is 268 g/mol. The summed E-state index contributed by atoms with van der Waals surface area (Å²) in [6, 6.07) is 5.66. The van der Waals surface area contributed by atoms with Crippen LogP contribution in [0.15, 0.2) is 18.2 Å². The number of carboxylic acids is 1. The number of carboxylic acid groups (broad SMARTS) is 1. The number of fused-ring (bicyclic) bond motifs is 1. The molecule has 18 heavy (non-hydrogen) atoms. The van der Waals surface area contributed by atoms with Crippen LogP contribution in [-0.2, 0) is 4.79 Å². The first-order chi connectivity index (χ1) is 8.72. The van der Waals surface area contributed by atoms with Crippen LogP contribution in [-0.4, -0.2) is 36.3 Å². The number of thioether (sulfide) groups is 1. The molecule has 0 bridgehead atoms. The fourth-order valence-electron chi connectivity index (χ4n) is 2.03. The van der Waals surface area contributed by atoms with Gasteiger partial charge in [0.25, 0.3) is 0 Å². The SMILES string of the molecule is CSCCC1COc2c(OCC(=O)O)cccc21. The number of aliphatic carboxylic acids is 1. The Morgan fingerprint density at radius 1 is 1.61 bits per heavy atom. The predicted molar refractivity (Wildman–Crippen MR) is 70.8 cm³/mol. The van der Waals surface area contributed by atoms with Crippen LogP contribution < -0.4 is 9.47 Å². The highest BCUT2D eigenvalue weighted by Crippen LogP contribution is 2.42. The summed E-state index contributed by atoms with van der Waals surface area (Å²) in [5, 5.41) is 8.62. The molecule has 1 heterocycles. The van der Waals surface area contributed by atoms with Crippen LogP contribution in [0, 0.1) is 0 Å². The lowest BCUT2D eigenvalue weighted by Gasteiger charge is -2.09. The summed E-state index contributed by atoms with van der Waals surface area (Å²) in [6.45, 7) is 0.318. The minimum atomic E-state index is -0.982. The highest BCUT2D eigenvalue weighted by atomic mass is 32.2. The van der Waals surface area contributed by atoms with E-state index in [1.165, 1.54) is 0 Å². The molecular weight excluding hydrogens is 252 g/mol. The van der Waals surface area contributed by atoms with Gasteiger partial charge in [0.15, 0.2) is 18.1 Å². The summed E-state index contributed by atoms with van der Waals surface area (Å²) in [4.78, 5) is 10.5. The van der Waals surface area contributed by atoms with Gasteiger partial charge in [0.2, 0.25) is 0 Å². The highest BCUT2D eigenvalue weighted by Gasteiger charge is 2.26. The van der Waals surface area contributed by atoms with Gasteiger partial charge in [0.05, 0.1) is 6.61 Å². The fraction of sp³-hybridized carbons (Fsp3) is 0.462. The first-order valence-corrected chi connectivity index (χ1v) is 7.21. The van der Waals surface area contributed by atoms with Crippen molar-refractivity contribution in [1.82, 2.24) is 0 Å². The maximum Gasteiger partial charge on any atom is 0.341 e. The van der Waals surface area contributed by atoms with Gasteiger partial charge in [-0.3, -0.25) is 0 Å². The van der Waals surface area contributed by atoms with Crippen molar-refractivity contribution in [2.75, 3.05) is 25.2 Å². The van der Waals surface area contributed by atoms with E-state index in [1.54, 1.807) is 6.07 Å². The zero-order valence-electron chi connectivity index (χ0n) is 10.2. The normalized spacial score (nSPS) is 17.1. The van der Waals surface area contributed by atoms with E-state index in [0.29, 0.717) is 24.0 Å². The number of benzene rings is 1. The summed E-state index contributed by atoms with van der Waals surface area (Å²) < 4.78 is 10.9. The fourth-order valence-corrected chi connectivity index (χ4v) is 2.55. The average Bonchev–Trinajstić information content (AvgIpc) is 2.77. The van der Waals surface area contributed by atoms with Crippen molar-refractivity contribution < 1.29 is 19.4 Å². The third kappa shape index (κ3) is 2.90. The smallest absolute Gasteiger partial charge is 0.341 e. The molecule has 1 aromatic carbocycles. The van der Waals surface area contributed by atoms with Gasteiger partial charge in [-0.1, -0.05) is 12.1 Å². The van der Waals surface area contributed by atoms with Crippen molar-refractivity contribution >= 4 is 17.7 Å². The number of hydrogen-bond acceptors (Lipinski definition) is 4. The van der Waals surface area contributed by atoms with Crippen LogP contribution in [0.3, 0.4) is 0 Å². The molecule has 1 aromatic rings. The van der Waals surface area contributed by atoms with Crippen molar-refractivity contribution in [2.45, 2.75) is 12.3 Å². The van der Waals surface area contributed by atoms with E-state index in [-0.39, 0.29) is 6.61 Å². The number of rotatable bonds is 6. The molecular formula is C13H16O4S. The van der Waals surface area contributed by atoms with Gasteiger partial charge in [0, 0.05) is 11.5 Å². The van der Waals surface area contributed by atoms with Crippen LogP contribution in [0.2, 0.25) is 0 Å². The Kier molecular flexibility index (Phi) is 4.36. The van der Waals surface area contributed by atoms with E-state index in [0.717, 1.165) is 17.7 Å². The van der Waals surface area contributed by atoms with Crippen LogP contribution >= 0.6 is 11.8 Å². The first-order valence-electron chi connectivity index (χ1n) is 5.81. The van der Waals surface area contributed by atoms with E-state index in [2.05, 4.69) is 6.26 Å². The van der Waals surface area contributed by atoms with Gasteiger partial charge in [-0.15, -0.1) is 0 Å². The summed E-state index contributed by atoms with van der Waals surface area (Å²) >= 11 is 1.82. The maximum absolute atomic E-state index is 10.5. The van der Waals surface area contributed by atoms with Gasteiger partial charge < -0.3 is 14.6 Å². The zero-order chi connectivity index (χ0) is 13.0. The molecule has 1 aliphatic heterocycles. The third-order valence-electron chi connectivity index (χ3n) is 2.90. The van der Waals surface area contributed by atoms with E-state index >= 15 is 0 Å². The van der Waals surface area contributed by atoms with E-state index < -0.39 is 5.97 Å². The van der Waals surface area contributed by atoms with Gasteiger partial charge in [-0.2, -0.15) is 11.8 Å². The first kappa shape index (κ1) is 13.1. The molecule has 0 saturated heterocycles. The number of carbonyl (C=O) groups is 1. The Morgan fingerprint density at radius 2 is 2.44 bits per heavy atom. The Hall–Kier alpha value is -1.36. The predicted octanol–water partition coefficient (Wildman–Crippen LogP) is 2.38. The molecule has 1 atom stereocenters. The number of hydrogen-bond donors (Lipinski definition) is 1. The van der Waals surface area contributed by atoms with Crippen LogP contribution in [0.5, 0.6) is 11.5 Å². The molecule has 5 heteroatoms. The molecule has 2 rings (SSSR count). The van der Waals surface area contributed by atoms with Crippen molar-refractivity contribution in [2.24, 2.45) is 0 Å². The molecule has 0 saturated carbocycles. The van der Waals surface area contributed by atoms with Crippen molar-refractivity contribution in [3.05, 3.63) is 23.8 Å². The van der Waals surface area contributed by atoms with Gasteiger partial charge >= 0.3 is 5.97 Å². The Bertz CT molecular complexity index is 433. The van der Waals surface area contributed by atoms with Crippen LogP contribution in [0.25, 0.3) is 0 Å². The van der Waals surface area contributed by atoms with Crippen LogP contribution in [0.4, 0.5) is 0 Å². The Morgan fingerprint density at radius 3 is 3.17 bits per heavy atom. The Balaban J connectivity index is 2.11. The lowest BCUT2D eigenvalue weighted by Crippen LogP contribution is -2.09. The van der Waals surface area contributed by atoms with E-state index in [9.17, 15) is 4.79 Å². The highest BCUT2D eigenvalue weighted by molar-refractivity contribution is 7.98. The van der Waals surface area contributed by atoms with Gasteiger partial charge in [0.1, 0.15) is 0 Å². The van der Waals surface area contributed by atoms with Gasteiger partial charge in [-0.05, 0) is 24.5 Å². The summed E-state index contributed by atoms with van der Waals surface area (Å²) in [5.74, 6) is 1.74. The standard InChI is InChI=1S/C13H16O4S/c1-18-6-5-9-7-17-13-10(9)3-2-4-11(13)16-8-12(14)15/h2-4,9H,5-8H2,1H3,(H,14,15). The minimum absolute atomic E-state index is 0.338. The second-order valence-electron chi connectivity index (χ2n) is 4.15. The third-order valence-corrected chi connectivity index (χ3v) is 3.54. The topological polar surface area (TPSA) is 55.8 Å². The van der Waals surface area contributed by atoms with Gasteiger partial charge in [-0.25, -0.2) is 4.79 Å². The molecule has 4 nitrogen and oxygen atoms in total. The van der Waals surface area contributed by atoms with E-state index in [1.807, 2.05) is 23.9 Å². The second-order valence-corrected chi connectivity index (χ2v) is 5.13. The number of ether oxygens (including phenoxy) is 2. The Labute approximate surface area is 110 Å². The molecule has 1 N–H and O–H groups in total. The van der Waals surface area contributed by atoms with E-state index in [4.69, 9.17) is 14.6 Å². The minimum Gasteiger partial charge on any atom is -0.489 e. The van der Waals surface area contributed by atoms with Crippen molar-refractivity contribution in [1.29, 1.82) is 0 Å². The lowest BCUT2D eigenvalue weighted by atomic mass is 9.98. The molecule has 0 aliphatic carbocycles. The lowest BCUT2D eigenvalue weighted by molar-refractivity contribution is -0.139. The largest absolute Gasteiger partial charge is 0.489 e. The summed E-state index contributed by atoms with van der Waals surface area (Å²) in [7, 11) is 0. The summed E-state index contributed by atoms with van der Waals surface area (Å²) in [6.07, 6.45) is 3.15. The van der Waals surface area contributed by atoms with Crippen LogP contribution in [0.1, 0.15) is 17.9 Å². The maximum atomic E-state index is 10.5. The molecule has 0 aromatic heterocycles. The molecule has 0 radical (unpaired) electrons. The quantitative estimate of drug-likeness (QED) is 0.858. The molecule has 0 amide bonds. The molecule has 0 fully saturated rings. The monoisotopic (exact) mass is 268 g/mol. The second kappa shape index (κ2) is 6.00.